The number of aromatic nitrogens is 2. The molecule has 1 saturated heterocycles. The van der Waals surface area contributed by atoms with Gasteiger partial charge in [-0.2, -0.15) is 0 Å². The summed E-state index contributed by atoms with van der Waals surface area (Å²) in [5, 5.41) is 2.30. The highest BCUT2D eigenvalue weighted by atomic mass is 16.7. The minimum Gasteiger partial charge on any atom is -0.457 e. The van der Waals surface area contributed by atoms with Gasteiger partial charge in [-0.25, -0.2) is 4.98 Å². The zero-order valence-corrected chi connectivity index (χ0v) is 27.0. The van der Waals surface area contributed by atoms with Crippen LogP contribution in [0.3, 0.4) is 0 Å². The average Bonchev–Trinajstić information content (AvgIpc) is 3.53. The maximum absolute atomic E-state index is 6.69. The number of hydrogen-bond donors (Lipinski definition) is 0. The van der Waals surface area contributed by atoms with Crippen molar-refractivity contribution in [3.05, 3.63) is 140 Å². The summed E-state index contributed by atoms with van der Waals surface area (Å²) in [6.07, 6.45) is 1.88. The van der Waals surface area contributed by atoms with Crippen LogP contribution in [0.15, 0.2) is 140 Å². The fourth-order valence-electron chi connectivity index (χ4n) is 6.34. The Morgan fingerprint density at radius 3 is 1.91 bits per heavy atom. The molecular formula is C41H35BN2O3. The van der Waals surface area contributed by atoms with Crippen LogP contribution >= 0.6 is 0 Å². The first kappa shape index (κ1) is 29.3. The van der Waals surface area contributed by atoms with Gasteiger partial charge in [0.15, 0.2) is 0 Å². The molecule has 5 aromatic carbocycles. The molecule has 0 bridgehead atoms. The molecular weight excluding hydrogens is 579 g/mol. The lowest BCUT2D eigenvalue weighted by Gasteiger charge is -2.32. The fourth-order valence-corrected chi connectivity index (χ4v) is 6.34. The molecule has 8 rings (SSSR count). The van der Waals surface area contributed by atoms with Crippen molar-refractivity contribution in [1.29, 1.82) is 0 Å². The normalized spacial score (nSPS) is 15.4. The predicted molar refractivity (Wildman–Crippen MR) is 192 cm³/mol. The summed E-state index contributed by atoms with van der Waals surface area (Å²) in [7, 11) is -0.515. The molecule has 0 unspecified atom stereocenters. The minimum absolute atomic E-state index is 0.453. The molecule has 1 aliphatic heterocycles. The van der Waals surface area contributed by atoms with Crippen LogP contribution in [0, 0.1) is 0 Å². The van der Waals surface area contributed by atoms with Crippen LogP contribution in [0.1, 0.15) is 27.7 Å². The van der Waals surface area contributed by atoms with Crippen LogP contribution in [0.2, 0.25) is 0 Å². The fraction of sp³-hybridized carbons (Fsp3) is 0.146. The lowest BCUT2D eigenvalue weighted by Crippen LogP contribution is -2.41. The molecule has 0 radical (unpaired) electrons. The first-order chi connectivity index (χ1) is 22.8. The summed E-state index contributed by atoms with van der Waals surface area (Å²) >= 11 is 0. The lowest BCUT2D eigenvalue weighted by atomic mass is 9.77. The highest BCUT2D eigenvalue weighted by molar-refractivity contribution is 6.62. The van der Waals surface area contributed by atoms with Gasteiger partial charge >= 0.3 is 7.12 Å². The maximum Gasteiger partial charge on any atom is 0.494 e. The number of para-hydroxylation sites is 1. The number of benzene rings is 5. The van der Waals surface area contributed by atoms with Gasteiger partial charge in [0.1, 0.15) is 17.3 Å². The molecule has 2 aromatic heterocycles. The van der Waals surface area contributed by atoms with E-state index < -0.39 is 18.3 Å². The number of hydrogen-bond acceptors (Lipinski definition) is 4. The number of ether oxygens (including phenoxy) is 1. The Bertz CT molecular complexity index is 2230. The zero-order valence-electron chi connectivity index (χ0n) is 27.0. The van der Waals surface area contributed by atoms with Crippen molar-refractivity contribution in [2.24, 2.45) is 0 Å². The van der Waals surface area contributed by atoms with Crippen LogP contribution in [0.25, 0.3) is 49.9 Å². The molecule has 0 spiro atoms. The van der Waals surface area contributed by atoms with Crippen LogP contribution in [-0.4, -0.2) is 27.9 Å². The summed E-state index contributed by atoms with van der Waals surface area (Å²) in [6, 6.07) is 45.9. The highest BCUT2D eigenvalue weighted by Gasteiger charge is 2.51. The van der Waals surface area contributed by atoms with Gasteiger partial charge in [0.25, 0.3) is 0 Å². The van der Waals surface area contributed by atoms with Gasteiger partial charge in [0.2, 0.25) is 0 Å². The lowest BCUT2D eigenvalue weighted by molar-refractivity contribution is 0.00578. The van der Waals surface area contributed by atoms with Crippen LogP contribution in [-0.2, 0) is 9.31 Å². The van der Waals surface area contributed by atoms with E-state index in [1.54, 1.807) is 0 Å². The first-order valence-electron chi connectivity index (χ1n) is 16.0. The number of rotatable bonds is 6. The second-order valence-electron chi connectivity index (χ2n) is 13.1. The van der Waals surface area contributed by atoms with Crippen molar-refractivity contribution in [2.45, 2.75) is 38.9 Å². The van der Waals surface area contributed by atoms with E-state index >= 15 is 0 Å². The van der Waals surface area contributed by atoms with Crippen molar-refractivity contribution in [3.63, 3.8) is 0 Å². The SMILES string of the molecule is CC1(C)OB(c2cc(Oc3ccc4c5ccccc5n(-c5cc(-c6ccccc6)ccn5)c4c3)cc(-c3ccccc3)c2)OC1(C)C. The van der Waals surface area contributed by atoms with Gasteiger partial charge in [0.05, 0.1) is 22.2 Å². The average molecular weight is 615 g/mol. The van der Waals surface area contributed by atoms with Crippen molar-refractivity contribution in [1.82, 2.24) is 9.55 Å². The van der Waals surface area contributed by atoms with E-state index in [1.807, 2.05) is 42.6 Å². The second kappa shape index (κ2) is 11.3. The van der Waals surface area contributed by atoms with E-state index in [0.717, 1.165) is 61.1 Å². The van der Waals surface area contributed by atoms with Gasteiger partial charge in [-0.3, -0.25) is 4.57 Å². The monoisotopic (exact) mass is 614 g/mol. The molecule has 3 heterocycles. The van der Waals surface area contributed by atoms with E-state index in [2.05, 4.69) is 129 Å². The quantitative estimate of drug-likeness (QED) is 0.175. The van der Waals surface area contributed by atoms with Gasteiger partial charge in [-0.05, 0) is 97.9 Å². The van der Waals surface area contributed by atoms with Gasteiger partial charge in [0, 0.05) is 23.0 Å². The summed E-state index contributed by atoms with van der Waals surface area (Å²) < 4.78 is 21.8. The van der Waals surface area contributed by atoms with E-state index in [0.29, 0.717) is 5.75 Å². The van der Waals surface area contributed by atoms with E-state index in [4.69, 9.17) is 19.0 Å². The summed E-state index contributed by atoms with van der Waals surface area (Å²) in [5.74, 6) is 2.29. The Morgan fingerprint density at radius 2 is 1.19 bits per heavy atom. The van der Waals surface area contributed by atoms with Crippen LogP contribution in [0.5, 0.6) is 11.5 Å². The van der Waals surface area contributed by atoms with Gasteiger partial charge in [-0.1, -0.05) is 84.9 Å². The number of fused-ring (bicyclic) bond motifs is 3. The first-order valence-corrected chi connectivity index (χ1v) is 16.0. The molecule has 1 aliphatic rings. The molecule has 47 heavy (non-hydrogen) atoms. The number of nitrogens with zero attached hydrogens (tertiary/aromatic N) is 2. The summed E-state index contributed by atoms with van der Waals surface area (Å²) in [5.41, 5.74) is 6.51. The predicted octanol–water partition coefficient (Wildman–Crippen LogP) is 9.60. The van der Waals surface area contributed by atoms with E-state index in [9.17, 15) is 0 Å². The van der Waals surface area contributed by atoms with Crippen LogP contribution < -0.4 is 10.2 Å². The topological polar surface area (TPSA) is 45.5 Å². The van der Waals surface area contributed by atoms with Gasteiger partial charge < -0.3 is 14.0 Å². The Balaban J connectivity index is 1.23. The Kier molecular flexibility index (Phi) is 7.01. The van der Waals surface area contributed by atoms with E-state index in [1.165, 1.54) is 0 Å². The third kappa shape index (κ3) is 5.30. The second-order valence-corrected chi connectivity index (χ2v) is 13.1. The molecule has 6 heteroatoms. The molecule has 0 atom stereocenters. The molecule has 230 valence electrons. The Labute approximate surface area is 275 Å². The van der Waals surface area contributed by atoms with Crippen molar-refractivity contribution in [2.75, 3.05) is 0 Å². The van der Waals surface area contributed by atoms with Crippen molar-refractivity contribution in [3.8, 4) is 39.6 Å². The Morgan fingerprint density at radius 1 is 0.553 bits per heavy atom. The van der Waals surface area contributed by atoms with E-state index in [-0.39, 0.29) is 0 Å². The molecule has 0 aliphatic carbocycles. The Hall–Kier alpha value is -5.17. The highest BCUT2D eigenvalue weighted by Crippen LogP contribution is 2.39. The minimum atomic E-state index is -0.515. The van der Waals surface area contributed by atoms with Crippen molar-refractivity contribution < 1.29 is 14.0 Å². The standard InChI is InChI=1S/C41H35BN2O3/c1-40(2)41(3,4)47-42(46-40)32-23-31(29-15-9-6-10-16-29)24-34(26-32)45-33-19-20-36-35-17-11-12-18-37(35)44(38(36)27-33)39-25-30(21-22-43-39)28-13-7-5-8-14-28/h5-27H,1-4H3. The van der Waals surface area contributed by atoms with Crippen LogP contribution in [0.4, 0.5) is 0 Å². The van der Waals surface area contributed by atoms with Gasteiger partial charge in [-0.15, -0.1) is 0 Å². The zero-order chi connectivity index (χ0) is 32.2. The third-order valence-corrected chi connectivity index (χ3v) is 9.52. The molecule has 1 fully saturated rings. The smallest absolute Gasteiger partial charge is 0.457 e. The molecule has 0 saturated carbocycles. The summed E-state index contributed by atoms with van der Waals surface area (Å²) in [6.45, 7) is 8.29. The molecule has 5 nitrogen and oxygen atoms in total. The maximum atomic E-state index is 6.69. The molecule has 0 N–H and O–H groups in total. The number of pyridine rings is 1. The summed E-state index contributed by atoms with van der Waals surface area (Å²) in [4.78, 5) is 4.84. The molecule has 0 amide bonds. The molecule has 7 aromatic rings. The third-order valence-electron chi connectivity index (χ3n) is 9.52. The van der Waals surface area contributed by atoms with Crippen molar-refractivity contribution >= 4 is 34.4 Å². The largest absolute Gasteiger partial charge is 0.494 e.